The van der Waals surface area contributed by atoms with Crippen LogP contribution < -0.4 is 10.6 Å². The third kappa shape index (κ3) is 5.93. The molecule has 35 heavy (non-hydrogen) atoms. The summed E-state index contributed by atoms with van der Waals surface area (Å²) in [6, 6.07) is 11.8. The van der Waals surface area contributed by atoms with Crippen molar-refractivity contribution in [3.8, 4) is 0 Å². The number of likely N-dealkylation sites (tertiary alicyclic amines) is 1. The predicted molar refractivity (Wildman–Crippen MR) is 139 cm³/mol. The fraction of sp³-hybridized carbons (Fsp3) is 0.519. The van der Waals surface area contributed by atoms with Gasteiger partial charge in [-0.1, -0.05) is 32.0 Å². The highest BCUT2D eigenvalue weighted by atomic mass is 32.1. The summed E-state index contributed by atoms with van der Waals surface area (Å²) in [6.45, 7) is 8.78. The molecule has 1 atom stereocenters. The van der Waals surface area contributed by atoms with E-state index < -0.39 is 5.54 Å². The number of carbonyl (C=O) groups is 3. The van der Waals surface area contributed by atoms with Gasteiger partial charge in [-0.15, -0.1) is 11.3 Å². The fourth-order valence-electron chi connectivity index (χ4n) is 5.49. The number of amides is 4. The molecule has 3 heterocycles. The van der Waals surface area contributed by atoms with E-state index in [1.807, 2.05) is 41.8 Å². The van der Waals surface area contributed by atoms with Crippen molar-refractivity contribution in [3.05, 3.63) is 52.2 Å². The number of hydrogen-bond acceptors (Lipinski definition) is 5. The van der Waals surface area contributed by atoms with Gasteiger partial charge in [0.1, 0.15) is 5.54 Å². The van der Waals surface area contributed by atoms with Gasteiger partial charge in [0.25, 0.3) is 5.91 Å². The molecule has 2 N–H and O–H groups in total. The van der Waals surface area contributed by atoms with Crippen LogP contribution in [0.3, 0.4) is 0 Å². The molecule has 2 aromatic rings. The van der Waals surface area contributed by atoms with Crippen LogP contribution in [-0.2, 0) is 22.6 Å². The molecule has 4 rings (SSSR count). The van der Waals surface area contributed by atoms with Crippen LogP contribution in [-0.4, -0.2) is 52.8 Å². The number of hydrogen-bond donors (Lipinski definition) is 2. The second-order valence-corrected chi connectivity index (χ2v) is 11.2. The lowest BCUT2D eigenvalue weighted by molar-refractivity contribution is -0.134. The van der Waals surface area contributed by atoms with Crippen LogP contribution in [0, 0.1) is 11.8 Å². The van der Waals surface area contributed by atoms with Crippen molar-refractivity contribution in [2.24, 2.45) is 11.8 Å². The molecule has 0 unspecified atom stereocenters. The van der Waals surface area contributed by atoms with Crippen molar-refractivity contribution in [3.63, 3.8) is 0 Å². The monoisotopic (exact) mass is 496 g/mol. The minimum Gasteiger partial charge on any atom is -0.326 e. The first-order valence-corrected chi connectivity index (χ1v) is 13.4. The minimum atomic E-state index is -0.799. The number of piperidine rings is 1. The van der Waals surface area contributed by atoms with Crippen LogP contribution in [0.4, 0.5) is 10.5 Å². The number of carbonyl (C=O) groups excluding carboxylic acids is 3. The van der Waals surface area contributed by atoms with Crippen molar-refractivity contribution < 1.29 is 14.4 Å². The van der Waals surface area contributed by atoms with Crippen LogP contribution in [0.1, 0.15) is 50.5 Å². The maximum atomic E-state index is 13.7. The maximum absolute atomic E-state index is 13.7. The summed E-state index contributed by atoms with van der Waals surface area (Å²) < 4.78 is 0. The molecule has 4 amide bonds. The van der Waals surface area contributed by atoms with Gasteiger partial charge in [-0.25, -0.2) is 4.79 Å². The maximum Gasteiger partial charge on any atom is 0.325 e. The number of urea groups is 1. The number of nitrogens with one attached hydrogen (secondary N) is 2. The van der Waals surface area contributed by atoms with Gasteiger partial charge in [0.2, 0.25) is 5.91 Å². The molecule has 1 aromatic carbocycles. The van der Waals surface area contributed by atoms with E-state index in [-0.39, 0.29) is 23.8 Å². The normalized spacial score (nSPS) is 21.5. The second-order valence-electron chi connectivity index (χ2n) is 10.2. The fourth-order valence-corrected chi connectivity index (χ4v) is 6.19. The summed E-state index contributed by atoms with van der Waals surface area (Å²) in [5.74, 6) is 0.316. The number of nitrogens with zero attached hydrogens (tertiary/aromatic N) is 2. The summed E-state index contributed by atoms with van der Waals surface area (Å²) in [7, 11) is 0. The highest BCUT2D eigenvalue weighted by Crippen LogP contribution is 2.38. The van der Waals surface area contributed by atoms with Crippen LogP contribution in [0.15, 0.2) is 41.8 Å². The first kappa shape index (κ1) is 25.4. The van der Waals surface area contributed by atoms with Gasteiger partial charge < -0.3 is 10.6 Å². The largest absolute Gasteiger partial charge is 0.326 e. The molecular weight excluding hydrogens is 460 g/mol. The quantitative estimate of drug-likeness (QED) is 0.501. The molecule has 0 bridgehead atoms. The molecular formula is C27H36N4O3S. The van der Waals surface area contributed by atoms with Gasteiger partial charge in [-0.3, -0.25) is 19.4 Å². The minimum absolute atomic E-state index is 0.0419. The predicted octanol–water partition coefficient (Wildman–Crippen LogP) is 4.50. The van der Waals surface area contributed by atoms with E-state index in [1.165, 1.54) is 22.3 Å². The average molecular weight is 497 g/mol. The van der Waals surface area contributed by atoms with Gasteiger partial charge >= 0.3 is 6.03 Å². The Labute approximate surface area is 211 Å². The van der Waals surface area contributed by atoms with Gasteiger partial charge in [0, 0.05) is 30.6 Å². The van der Waals surface area contributed by atoms with Gasteiger partial charge in [0.05, 0.1) is 0 Å². The van der Waals surface area contributed by atoms with Crippen LogP contribution in [0.2, 0.25) is 0 Å². The van der Waals surface area contributed by atoms with E-state index in [2.05, 4.69) is 29.4 Å². The highest BCUT2D eigenvalue weighted by Gasteiger charge is 2.55. The molecule has 2 saturated heterocycles. The summed E-state index contributed by atoms with van der Waals surface area (Å²) in [5.41, 5.74) is 1.20. The Morgan fingerprint density at radius 1 is 1.17 bits per heavy atom. The lowest BCUT2D eigenvalue weighted by Crippen LogP contribution is -2.56. The average Bonchev–Trinajstić information content (AvgIpc) is 3.40. The first-order valence-electron chi connectivity index (χ1n) is 12.5. The molecule has 2 aliphatic heterocycles. The molecule has 0 saturated carbocycles. The zero-order valence-electron chi connectivity index (χ0n) is 20.9. The molecule has 0 radical (unpaired) electrons. The number of imide groups is 1. The Hall–Kier alpha value is -2.71. The second kappa shape index (κ2) is 10.9. The highest BCUT2D eigenvalue weighted by molar-refractivity contribution is 7.09. The van der Waals surface area contributed by atoms with Gasteiger partial charge in [-0.05, 0) is 79.8 Å². The van der Waals surface area contributed by atoms with Crippen molar-refractivity contribution in [2.45, 2.75) is 58.5 Å². The smallest absolute Gasteiger partial charge is 0.325 e. The van der Waals surface area contributed by atoms with Crippen molar-refractivity contribution in [2.75, 3.05) is 25.0 Å². The number of anilines is 1. The van der Waals surface area contributed by atoms with E-state index in [1.54, 1.807) is 11.3 Å². The summed E-state index contributed by atoms with van der Waals surface area (Å²) in [5, 5.41) is 7.99. The molecule has 2 aliphatic rings. The zero-order chi connectivity index (χ0) is 25.0. The van der Waals surface area contributed by atoms with Gasteiger partial charge in [0.15, 0.2) is 0 Å². The van der Waals surface area contributed by atoms with E-state index in [4.69, 9.17) is 0 Å². The van der Waals surface area contributed by atoms with E-state index >= 15 is 0 Å². The lowest BCUT2D eigenvalue weighted by Gasteiger charge is -2.41. The van der Waals surface area contributed by atoms with Crippen molar-refractivity contribution >= 4 is 34.9 Å². The van der Waals surface area contributed by atoms with E-state index in [0.717, 1.165) is 38.2 Å². The van der Waals surface area contributed by atoms with Crippen molar-refractivity contribution in [1.29, 1.82) is 0 Å². The Balaban J connectivity index is 1.39. The number of thiophene rings is 1. The molecule has 8 heteroatoms. The first-order chi connectivity index (χ1) is 16.8. The topological polar surface area (TPSA) is 81.8 Å². The molecule has 0 spiro atoms. The molecule has 188 valence electrons. The van der Waals surface area contributed by atoms with E-state index in [9.17, 15) is 14.4 Å². The third-order valence-corrected chi connectivity index (χ3v) is 8.00. The Morgan fingerprint density at radius 2 is 1.89 bits per heavy atom. The molecule has 7 nitrogen and oxygen atoms in total. The zero-order valence-corrected chi connectivity index (χ0v) is 21.7. The Morgan fingerprint density at radius 3 is 2.49 bits per heavy atom. The van der Waals surface area contributed by atoms with Crippen molar-refractivity contribution in [1.82, 2.24) is 15.1 Å². The molecule has 2 fully saturated rings. The SMILES string of the molecule is CC(=O)Nc1ccc(CN2CCC([C@@]3(CC(C)C)NC(=O)N(CCc4cccs4)C3=O)CC2)cc1. The van der Waals surface area contributed by atoms with Crippen LogP contribution in [0.5, 0.6) is 0 Å². The standard InChI is InChI=1S/C27H36N4O3S/c1-19(2)17-27(25(33)31(26(34)29-27)15-12-24-5-4-16-35-24)22-10-13-30(14-11-22)18-21-6-8-23(9-7-21)28-20(3)32/h4-9,16,19,22H,10-15,17-18H2,1-3H3,(H,28,32)(H,29,34)/t27-/m1/s1. The van der Waals surface area contributed by atoms with Crippen LogP contribution in [0.25, 0.3) is 0 Å². The van der Waals surface area contributed by atoms with Gasteiger partial charge in [-0.2, -0.15) is 0 Å². The number of rotatable bonds is 9. The number of benzene rings is 1. The Kier molecular flexibility index (Phi) is 7.91. The summed E-state index contributed by atoms with van der Waals surface area (Å²) in [6.07, 6.45) is 3.12. The molecule has 1 aromatic heterocycles. The molecule has 0 aliphatic carbocycles. The van der Waals surface area contributed by atoms with E-state index in [0.29, 0.717) is 25.3 Å². The lowest BCUT2D eigenvalue weighted by atomic mass is 9.73. The summed E-state index contributed by atoms with van der Waals surface area (Å²) >= 11 is 1.66. The van der Waals surface area contributed by atoms with Crippen LogP contribution >= 0.6 is 11.3 Å². The third-order valence-electron chi connectivity index (χ3n) is 7.06. The Bertz CT molecular complexity index is 1030. The summed E-state index contributed by atoms with van der Waals surface area (Å²) in [4.78, 5) is 42.9.